The van der Waals surface area contributed by atoms with Crippen LogP contribution in [0.2, 0.25) is 0 Å². The SMILES string of the molecule is CCOC(=O)CN(CC)C(=O)c1cccc(F)c1F. The highest BCUT2D eigenvalue weighted by Crippen LogP contribution is 2.13. The number of carbonyl (C=O) groups is 2. The van der Waals surface area contributed by atoms with Crippen LogP contribution in [0.25, 0.3) is 0 Å². The van der Waals surface area contributed by atoms with Gasteiger partial charge in [-0.2, -0.15) is 0 Å². The third-order valence-electron chi connectivity index (χ3n) is 2.48. The van der Waals surface area contributed by atoms with E-state index in [2.05, 4.69) is 0 Å². The van der Waals surface area contributed by atoms with E-state index in [1.807, 2.05) is 0 Å². The number of benzene rings is 1. The van der Waals surface area contributed by atoms with Gasteiger partial charge in [0.05, 0.1) is 12.2 Å². The Balaban J connectivity index is 2.89. The minimum Gasteiger partial charge on any atom is -0.465 e. The van der Waals surface area contributed by atoms with Crippen LogP contribution in [-0.4, -0.2) is 36.5 Å². The maximum Gasteiger partial charge on any atom is 0.325 e. The zero-order valence-corrected chi connectivity index (χ0v) is 10.8. The molecule has 1 aromatic carbocycles. The molecule has 1 amide bonds. The monoisotopic (exact) mass is 271 g/mol. The molecule has 1 aromatic rings. The summed E-state index contributed by atoms with van der Waals surface area (Å²) in [5.74, 6) is -3.64. The number of carbonyl (C=O) groups excluding carboxylic acids is 2. The normalized spacial score (nSPS) is 10.1. The summed E-state index contributed by atoms with van der Waals surface area (Å²) >= 11 is 0. The Morgan fingerprint density at radius 3 is 2.53 bits per heavy atom. The highest BCUT2D eigenvalue weighted by Gasteiger charge is 2.22. The summed E-state index contributed by atoms with van der Waals surface area (Å²) < 4.78 is 31.3. The number of likely N-dealkylation sites (N-methyl/N-ethyl adjacent to an activating group) is 1. The van der Waals surface area contributed by atoms with Crippen molar-refractivity contribution >= 4 is 11.9 Å². The van der Waals surface area contributed by atoms with Gasteiger partial charge in [-0.25, -0.2) is 8.78 Å². The molecule has 104 valence electrons. The standard InChI is InChI=1S/C13H15F2NO3/c1-3-16(8-11(17)19-4-2)13(18)9-6-5-7-10(14)12(9)15/h5-7H,3-4,8H2,1-2H3. The Labute approximate surface area is 110 Å². The minimum absolute atomic E-state index is 0.188. The first-order valence-electron chi connectivity index (χ1n) is 5.90. The molecular weight excluding hydrogens is 256 g/mol. The lowest BCUT2D eigenvalue weighted by atomic mass is 10.1. The molecule has 0 saturated carbocycles. The second kappa shape index (κ2) is 6.82. The number of hydrogen-bond acceptors (Lipinski definition) is 3. The molecule has 1 rings (SSSR count). The third kappa shape index (κ3) is 3.74. The molecule has 0 saturated heterocycles. The molecule has 0 N–H and O–H groups in total. The highest BCUT2D eigenvalue weighted by atomic mass is 19.2. The van der Waals surface area contributed by atoms with Crippen molar-refractivity contribution in [2.45, 2.75) is 13.8 Å². The molecule has 0 bridgehead atoms. The summed E-state index contributed by atoms with van der Waals surface area (Å²) in [7, 11) is 0. The van der Waals surface area contributed by atoms with E-state index in [9.17, 15) is 18.4 Å². The van der Waals surface area contributed by atoms with E-state index >= 15 is 0 Å². The Morgan fingerprint density at radius 2 is 1.95 bits per heavy atom. The molecule has 0 radical (unpaired) electrons. The van der Waals surface area contributed by atoms with Gasteiger partial charge in [0.1, 0.15) is 6.54 Å². The lowest BCUT2D eigenvalue weighted by Crippen LogP contribution is -2.36. The molecule has 0 aliphatic heterocycles. The number of halogens is 2. The van der Waals surface area contributed by atoms with Crippen LogP contribution in [0.15, 0.2) is 18.2 Å². The van der Waals surface area contributed by atoms with Crippen LogP contribution >= 0.6 is 0 Å². The largest absolute Gasteiger partial charge is 0.465 e. The van der Waals surface area contributed by atoms with E-state index in [0.29, 0.717) is 0 Å². The fourth-order valence-electron chi connectivity index (χ4n) is 1.53. The molecule has 0 fully saturated rings. The number of amides is 1. The smallest absolute Gasteiger partial charge is 0.325 e. The maximum atomic E-state index is 13.5. The number of ether oxygens (including phenoxy) is 1. The Morgan fingerprint density at radius 1 is 1.26 bits per heavy atom. The van der Waals surface area contributed by atoms with Gasteiger partial charge in [-0.05, 0) is 26.0 Å². The van der Waals surface area contributed by atoms with Crippen molar-refractivity contribution in [1.29, 1.82) is 0 Å². The van der Waals surface area contributed by atoms with E-state index in [-0.39, 0.29) is 19.7 Å². The first-order chi connectivity index (χ1) is 9.01. The molecular formula is C13H15F2NO3. The molecule has 0 aromatic heterocycles. The fourth-order valence-corrected chi connectivity index (χ4v) is 1.53. The highest BCUT2D eigenvalue weighted by molar-refractivity contribution is 5.96. The second-order valence-corrected chi connectivity index (χ2v) is 3.73. The zero-order valence-electron chi connectivity index (χ0n) is 10.8. The Kier molecular flexibility index (Phi) is 5.41. The van der Waals surface area contributed by atoms with Crippen LogP contribution in [0.3, 0.4) is 0 Å². The van der Waals surface area contributed by atoms with E-state index in [1.54, 1.807) is 13.8 Å². The summed E-state index contributed by atoms with van der Waals surface area (Å²) in [6.07, 6.45) is 0. The van der Waals surface area contributed by atoms with E-state index in [0.717, 1.165) is 11.0 Å². The number of hydrogen-bond donors (Lipinski definition) is 0. The van der Waals surface area contributed by atoms with Gasteiger partial charge in [-0.3, -0.25) is 9.59 Å². The van der Waals surface area contributed by atoms with Crippen LogP contribution in [0, 0.1) is 11.6 Å². The van der Waals surface area contributed by atoms with Crippen molar-refractivity contribution in [3.63, 3.8) is 0 Å². The van der Waals surface area contributed by atoms with Gasteiger partial charge in [-0.1, -0.05) is 6.07 Å². The molecule has 0 atom stereocenters. The summed E-state index contributed by atoms with van der Waals surface area (Å²) in [5.41, 5.74) is -0.397. The maximum absolute atomic E-state index is 13.5. The number of nitrogens with zero attached hydrogens (tertiary/aromatic N) is 1. The first kappa shape index (κ1) is 15.1. The molecule has 0 aliphatic rings. The van der Waals surface area contributed by atoms with Crippen molar-refractivity contribution < 1.29 is 23.1 Å². The van der Waals surface area contributed by atoms with Gasteiger partial charge in [0.25, 0.3) is 5.91 Å². The average Bonchev–Trinajstić information content (AvgIpc) is 2.39. The zero-order chi connectivity index (χ0) is 14.4. The van der Waals surface area contributed by atoms with Gasteiger partial charge in [0.2, 0.25) is 0 Å². The van der Waals surface area contributed by atoms with Crippen molar-refractivity contribution in [3.8, 4) is 0 Å². The molecule has 0 spiro atoms. The van der Waals surface area contributed by atoms with Crippen LogP contribution in [-0.2, 0) is 9.53 Å². The van der Waals surface area contributed by atoms with E-state index < -0.39 is 29.1 Å². The average molecular weight is 271 g/mol. The Bertz CT molecular complexity index is 477. The lowest BCUT2D eigenvalue weighted by Gasteiger charge is -2.20. The summed E-state index contributed by atoms with van der Waals surface area (Å²) in [5, 5.41) is 0. The summed E-state index contributed by atoms with van der Waals surface area (Å²) in [6.45, 7) is 3.36. The molecule has 0 unspecified atom stereocenters. The van der Waals surface area contributed by atoms with Crippen molar-refractivity contribution in [2.24, 2.45) is 0 Å². The predicted octanol–water partition coefficient (Wildman–Crippen LogP) is 1.99. The molecule has 0 heterocycles. The topological polar surface area (TPSA) is 46.6 Å². The minimum atomic E-state index is -1.21. The second-order valence-electron chi connectivity index (χ2n) is 3.73. The van der Waals surface area contributed by atoms with Crippen molar-refractivity contribution in [1.82, 2.24) is 4.90 Å². The van der Waals surface area contributed by atoms with E-state index in [4.69, 9.17) is 4.74 Å². The third-order valence-corrected chi connectivity index (χ3v) is 2.48. The molecule has 0 aliphatic carbocycles. The van der Waals surface area contributed by atoms with Gasteiger partial charge in [-0.15, -0.1) is 0 Å². The Hall–Kier alpha value is -1.98. The van der Waals surface area contributed by atoms with Gasteiger partial charge in [0.15, 0.2) is 11.6 Å². The molecule has 4 nitrogen and oxygen atoms in total. The number of rotatable bonds is 5. The van der Waals surface area contributed by atoms with Crippen LogP contribution in [0.4, 0.5) is 8.78 Å². The molecule has 19 heavy (non-hydrogen) atoms. The van der Waals surface area contributed by atoms with Crippen LogP contribution in [0.5, 0.6) is 0 Å². The molecule has 6 heteroatoms. The van der Waals surface area contributed by atoms with Gasteiger partial charge in [0, 0.05) is 6.54 Å². The quantitative estimate of drug-likeness (QED) is 0.769. The first-order valence-corrected chi connectivity index (χ1v) is 5.90. The summed E-state index contributed by atoms with van der Waals surface area (Å²) in [6, 6.07) is 3.34. The van der Waals surface area contributed by atoms with Crippen molar-refractivity contribution in [2.75, 3.05) is 19.7 Å². The summed E-state index contributed by atoms with van der Waals surface area (Å²) in [4.78, 5) is 24.4. The fraction of sp³-hybridized carbons (Fsp3) is 0.385. The van der Waals surface area contributed by atoms with Crippen LogP contribution in [0.1, 0.15) is 24.2 Å². The van der Waals surface area contributed by atoms with Crippen molar-refractivity contribution in [3.05, 3.63) is 35.4 Å². The van der Waals surface area contributed by atoms with Crippen LogP contribution < -0.4 is 0 Å². The lowest BCUT2D eigenvalue weighted by molar-refractivity contribution is -0.143. The predicted molar refractivity (Wildman–Crippen MR) is 64.6 cm³/mol. The van der Waals surface area contributed by atoms with E-state index in [1.165, 1.54) is 12.1 Å². The number of esters is 1. The van der Waals surface area contributed by atoms with Gasteiger partial charge >= 0.3 is 5.97 Å². The van der Waals surface area contributed by atoms with Gasteiger partial charge < -0.3 is 9.64 Å².